The van der Waals surface area contributed by atoms with Gasteiger partial charge in [-0.3, -0.25) is 9.59 Å². The van der Waals surface area contributed by atoms with Crippen molar-refractivity contribution in [2.24, 2.45) is 0 Å². The summed E-state index contributed by atoms with van der Waals surface area (Å²) in [6, 6.07) is 4.60. The minimum atomic E-state index is -0.633. The first kappa shape index (κ1) is 19.6. The second kappa shape index (κ2) is 7.82. The van der Waals surface area contributed by atoms with Crippen LogP contribution in [-0.4, -0.2) is 46.0 Å². The molecule has 2 atom stereocenters. The van der Waals surface area contributed by atoms with Crippen molar-refractivity contribution >= 4 is 47.0 Å². The number of carbonyl (C=O) groups is 3. The van der Waals surface area contributed by atoms with Gasteiger partial charge < -0.3 is 15.0 Å². The molecule has 1 aromatic rings. The van der Waals surface area contributed by atoms with Crippen LogP contribution in [0.4, 0.5) is 5.69 Å². The van der Waals surface area contributed by atoms with E-state index >= 15 is 0 Å². The summed E-state index contributed by atoms with van der Waals surface area (Å²) in [7, 11) is 0. The maximum atomic E-state index is 12.4. The third-order valence-electron chi connectivity index (χ3n) is 4.70. The van der Waals surface area contributed by atoms with Crippen molar-refractivity contribution in [3.8, 4) is 5.40 Å². The molecule has 3 rings (SSSR count). The first-order valence-corrected chi connectivity index (χ1v) is 10.2. The average Bonchev–Trinajstić information content (AvgIpc) is 3.12. The highest BCUT2D eigenvalue weighted by Gasteiger charge is 2.53. The summed E-state index contributed by atoms with van der Waals surface area (Å²) in [5, 5.41) is 13.4. The molecule has 0 aromatic heterocycles. The maximum Gasteiger partial charge on any atom is 0.330 e. The minimum absolute atomic E-state index is 0.0418. The van der Waals surface area contributed by atoms with Gasteiger partial charge in [-0.2, -0.15) is 5.26 Å². The standard InChI is InChI=1S/C18H19N3O4S2/c1-11-7-12(26-10-19)3-4-13(11)20-15(22)8-25-17(24)14-9-27-18(2)6-5-16(23)21(14)18/h3-4,7,14H,5-6,8-9H2,1-2H3,(H,20,22)/t14-,18-/m1/s1. The van der Waals surface area contributed by atoms with Gasteiger partial charge in [0.2, 0.25) is 5.91 Å². The number of hydrogen-bond donors (Lipinski definition) is 1. The van der Waals surface area contributed by atoms with Crippen molar-refractivity contribution in [1.82, 2.24) is 4.90 Å². The molecule has 1 N–H and O–H groups in total. The van der Waals surface area contributed by atoms with Crippen molar-refractivity contribution < 1.29 is 19.1 Å². The molecule has 27 heavy (non-hydrogen) atoms. The third kappa shape index (κ3) is 4.06. The number of benzene rings is 1. The predicted octanol–water partition coefficient (Wildman–Crippen LogP) is 2.50. The van der Waals surface area contributed by atoms with Crippen LogP contribution in [0.25, 0.3) is 0 Å². The van der Waals surface area contributed by atoms with Crippen molar-refractivity contribution in [3.63, 3.8) is 0 Å². The van der Waals surface area contributed by atoms with E-state index in [9.17, 15) is 14.4 Å². The molecule has 1 aromatic carbocycles. The van der Waals surface area contributed by atoms with Crippen LogP contribution < -0.4 is 5.32 Å². The van der Waals surface area contributed by atoms with Gasteiger partial charge in [-0.25, -0.2) is 4.79 Å². The first-order valence-electron chi connectivity index (χ1n) is 8.43. The number of carbonyl (C=O) groups excluding carboxylic acids is 3. The lowest BCUT2D eigenvalue weighted by Gasteiger charge is -2.29. The first-order chi connectivity index (χ1) is 12.8. The Labute approximate surface area is 165 Å². The Bertz CT molecular complexity index is 838. The van der Waals surface area contributed by atoms with E-state index in [1.54, 1.807) is 34.9 Å². The third-order valence-corrected chi connectivity index (χ3v) is 6.78. The van der Waals surface area contributed by atoms with E-state index in [2.05, 4.69) is 5.32 Å². The molecule has 0 radical (unpaired) electrons. The Morgan fingerprint density at radius 3 is 3.00 bits per heavy atom. The average molecular weight is 406 g/mol. The van der Waals surface area contributed by atoms with Crippen LogP contribution >= 0.6 is 23.5 Å². The quantitative estimate of drug-likeness (QED) is 0.456. The molecule has 2 saturated heterocycles. The number of thioether (sulfide) groups is 2. The van der Waals surface area contributed by atoms with Gasteiger partial charge in [0.1, 0.15) is 11.4 Å². The Balaban J connectivity index is 1.54. The number of esters is 1. The summed E-state index contributed by atoms with van der Waals surface area (Å²) in [4.78, 5) is 38.6. The zero-order chi connectivity index (χ0) is 19.6. The number of fused-ring (bicyclic) bond motifs is 1. The monoisotopic (exact) mass is 405 g/mol. The molecule has 0 unspecified atom stereocenters. The van der Waals surface area contributed by atoms with Crippen molar-refractivity contribution in [2.75, 3.05) is 17.7 Å². The normalized spacial score (nSPS) is 23.7. The maximum absolute atomic E-state index is 12.4. The van der Waals surface area contributed by atoms with Gasteiger partial charge in [0.25, 0.3) is 5.91 Å². The fourth-order valence-corrected chi connectivity index (χ4v) is 5.20. The number of hydrogen-bond acceptors (Lipinski definition) is 7. The fourth-order valence-electron chi connectivity index (χ4n) is 3.31. The lowest BCUT2D eigenvalue weighted by molar-refractivity contribution is -0.155. The zero-order valence-electron chi connectivity index (χ0n) is 15.0. The zero-order valence-corrected chi connectivity index (χ0v) is 16.6. The van der Waals surface area contributed by atoms with Crippen LogP contribution in [0, 0.1) is 17.6 Å². The number of amides is 2. The van der Waals surface area contributed by atoms with Crippen LogP contribution in [0.5, 0.6) is 0 Å². The molecule has 9 heteroatoms. The molecule has 2 aliphatic rings. The number of ether oxygens (including phenoxy) is 1. The smallest absolute Gasteiger partial charge is 0.330 e. The largest absolute Gasteiger partial charge is 0.454 e. The van der Waals surface area contributed by atoms with Crippen LogP contribution in [0.2, 0.25) is 0 Å². The number of thiocyanates is 1. The highest BCUT2D eigenvalue weighted by atomic mass is 32.2. The van der Waals surface area contributed by atoms with E-state index in [-0.39, 0.29) is 10.8 Å². The molecule has 2 fully saturated rings. The predicted molar refractivity (Wildman–Crippen MR) is 103 cm³/mol. The number of nitrogens with zero attached hydrogens (tertiary/aromatic N) is 2. The second-order valence-electron chi connectivity index (χ2n) is 6.59. The molecule has 0 bridgehead atoms. The highest BCUT2D eigenvalue weighted by molar-refractivity contribution is 8.03. The summed E-state index contributed by atoms with van der Waals surface area (Å²) in [6.07, 6.45) is 1.16. The molecule has 142 valence electrons. The van der Waals surface area contributed by atoms with Crippen molar-refractivity contribution in [3.05, 3.63) is 23.8 Å². The minimum Gasteiger partial charge on any atom is -0.454 e. The highest BCUT2D eigenvalue weighted by Crippen LogP contribution is 2.47. The molecule has 0 spiro atoms. The van der Waals surface area contributed by atoms with Crippen LogP contribution in [0.3, 0.4) is 0 Å². The lowest BCUT2D eigenvalue weighted by atomic mass is 10.2. The number of rotatable bonds is 5. The van der Waals surface area contributed by atoms with Gasteiger partial charge in [-0.1, -0.05) is 0 Å². The van der Waals surface area contributed by atoms with E-state index in [1.807, 2.05) is 19.2 Å². The van der Waals surface area contributed by atoms with E-state index in [1.165, 1.54) is 0 Å². The molecule has 7 nitrogen and oxygen atoms in total. The summed E-state index contributed by atoms with van der Waals surface area (Å²) in [5.41, 5.74) is 1.40. The Morgan fingerprint density at radius 2 is 2.30 bits per heavy atom. The topological polar surface area (TPSA) is 99.5 Å². The van der Waals surface area contributed by atoms with Crippen LogP contribution in [-0.2, 0) is 19.1 Å². The van der Waals surface area contributed by atoms with E-state index in [0.29, 0.717) is 17.9 Å². The SMILES string of the molecule is Cc1cc(SC#N)ccc1NC(=O)COC(=O)[C@H]1CS[C@]2(C)CCC(=O)N12. The summed E-state index contributed by atoms with van der Waals surface area (Å²) in [6.45, 7) is 3.37. The Morgan fingerprint density at radius 1 is 1.52 bits per heavy atom. The molecule has 2 heterocycles. The number of anilines is 1. The van der Waals surface area contributed by atoms with Gasteiger partial charge >= 0.3 is 5.97 Å². The van der Waals surface area contributed by atoms with E-state index < -0.39 is 24.5 Å². The molecule has 0 aliphatic carbocycles. The summed E-state index contributed by atoms with van der Waals surface area (Å²) >= 11 is 2.62. The van der Waals surface area contributed by atoms with Gasteiger partial charge in [-0.05, 0) is 55.8 Å². The fraction of sp³-hybridized carbons (Fsp3) is 0.444. The molecule has 2 aliphatic heterocycles. The van der Waals surface area contributed by atoms with Crippen LogP contribution in [0.1, 0.15) is 25.3 Å². The molecular weight excluding hydrogens is 386 g/mol. The van der Waals surface area contributed by atoms with E-state index in [4.69, 9.17) is 10.00 Å². The van der Waals surface area contributed by atoms with Gasteiger partial charge in [0, 0.05) is 22.8 Å². The van der Waals surface area contributed by atoms with Gasteiger partial charge in [0.05, 0.1) is 4.87 Å². The number of nitriles is 1. The van der Waals surface area contributed by atoms with Gasteiger partial charge in [-0.15, -0.1) is 11.8 Å². The lowest BCUT2D eigenvalue weighted by Crippen LogP contribution is -2.47. The summed E-state index contributed by atoms with van der Waals surface area (Å²) < 4.78 is 5.16. The van der Waals surface area contributed by atoms with E-state index in [0.717, 1.165) is 28.6 Å². The van der Waals surface area contributed by atoms with Crippen molar-refractivity contribution in [2.45, 2.75) is 42.5 Å². The van der Waals surface area contributed by atoms with Gasteiger partial charge in [0.15, 0.2) is 6.61 Å². The Kier molecular flexibility index (Phi) is 5.67. The second-order valence-corrected chi connectivity index (χ2v) is 8.95. The van der Waals surface area contributed by atoms with Crippen LogP contribution in [0.15, 0.2) is 23.1 Å². The summed E-state index contributed by atoms with van der Waals surface area (Å²) in [5.74, 6) is -0.554. The van der Waals surface area contributed by atoms with Crippen molar-refractivity contribution in [1.29, 1.82) is 5.26 Å². The molecular formula is C18H19N3O4S2. The Hall–Kier alpha value is -2.18. The molecule has 0 saturated carbocycles. The number of aryl methyl sites for hydroxylation is 1. The number of nitrogens with one attached hydrogen (secondary N) is 1. The molecule has 2 amide bonds.